The number of hydrogen-bond acceptors (Lipinski definition) is 0. The van der Waals surface area contributed by atoms with Crippen LogP contribution in [0, 0.1) is 0 Å². The van der Waals surface area contributed by atoms with Crippen LogP contribution in [0.2, 0.25) is 0 Å². The third kappa shape index (κ3) is 214. The molecule has 25 heteroatoms. The van der Waals surface area contributed by atoms with Crippen LogP contribution in [0.1, 0.15) is 0 Å². The fourth-order valence-electron chi connectivity index (χ4n) is 0. The van der Waals surface area contributed by atoms with Gasteiger partial charge in [-0.2, -0.15) is 0 Å². The maximum atomic E-state index is 0. The van der Waals surface area contributed by atoms with Crippen molar-refractivity contribution in [2.75, 3.05) is 0 Å². The minimum Gasteiger partial charge on any atom is -1.00 e. The summed E-state index contributed by atoms with van der Waals surface area (Å²) in [5.41, 5.74) is 0. The Kier molecular flexibility index (Phi) is 2180. The van der Waals surface area contributed by atoms with Crippen LogP contribution in [0.3, 0.4) is 0 Å². The molecule has 0 atom stereocenters. The average Bonchev–Trinajstić information content (AvgIpc) is 0. The van der Waals surface area contributed by atoms with Crippen molar-refractivity contribution < 1.29 is 465 Å². The zero-order valence-corrected chi connectivity index (χ0v) is 60.2. The molecule has 0 saturated heterocycles. The maximum Gasteiger partial charge on any atom is 1.00 e. The van der Waals surface area contributed by atoms with Crippen LogP contribution in [-0.4, -0.2) is 0 Å². The molecule has 0 saturated carbocycles. The van der Waals surface area contributed by atoms with Crippen LogP contribution in [0.15, 0.2) is 0 Å². The van der Waals surface area contributed by atoms with E-state index in [1.54, 1.807) is 0 Å². The molecule has 0 radical (unpaired) electrons. The fraction of sp³-hybridized carbons (Fsp3) is 0. The van der Waals surface area contributed by atoms with Crippen molar-refractivity contribution in [3.05, 3.63) is 0 Å². The summed E-state index contributed by atoms with van der Waals surface area (Å²) in [4.78, 5) is 0. The molecule has 0 aliphatic carbocycles. The number of hydrogen-bond donors (Lipinski definition) is 0. The predicted molar refractivity (Wildman–Crippen MR) is 51.6 cm³/mol. The van der Waals surface area contributed by atoms with Gasteiger partial charge in [-0.05, 0) is 0 Å². The van der Waals surface area contributed by atoms with E-state index in [9.17, 15) is 0 Å². The summed E-state index contributed by atoms with van der Waals surface area (Å²) in [6.45, 7) is 0. The van der Waals surface area contributed by atoms with E-state index in [1.807, 2.05) is 0 Å². The molecule has 0 aromatic rings. The van der Waals surface area contributed by atoms with Gasteiger partial charge in [-0.15, -0.1) is 84.9 Å². The largest absolute Gasteiger partial charge is 1.00 e. The van der Waals surface area contributed by atoms with E-state index in [1.165, 1.54) is 0 Å². The van der Waals surface area contributed by atoms with Gasteiger partial charge in [0.15, 0.2) is 0 Å². The van der Waals surface area contributed by atoms with Gasteiger partial charge in [-0.1, -0.05) is 0 Å². The van der Waals surface area contributed by atoms with E-state index >= 15 is 0 Å². The molecule has 0 rings (SSSR count). The second kappa shape index (κ2) is 225. The van der Waals surface area contributed by atoms with Gasteiger partial charge in [-0.25, -0.2) is 0 Å². The second-order valence-corrected chi connectivity index (χ2v) is 0. The van der Waals surface area contributed by atoms with E-state index in [-0.39, 0.29) is 550 Å². The standard InChI is InChI=1S/15BrH.10Na/h15*1H;;;;;;;;;;/q;;;;;;;;;;;;;;;10*+1/p-10. The van der Waals surface area contributed by atoms with Gasteiger partial charge in [0.1, 0.15) is 0 Å². The van der Waals surface area contributed by atoms with Gasteiger partial charge in [0.25, 0.3) is 0 Å². The zero-order chi connectivity index (χ0) is 0. The topological polar surface area (TPSA) is 0 Å². The van der Waals surface area contributed by atoms with Crippen molar-refractivity contribution in [1.29, 1.82) is 0 Å². The Bertz CT molecular complexity index is 24.3. The maximum absolute atomic E-state index is 0. The van der Waals surface area contributed by atoms with Crippen molar-refractivity contribution in [3.8, 4) is 0 Å². The van der Waals surface area contributed by atoms with Gasteiger partial charge in [0.2, 0.25) is 0 Å². The molecule has 0 N–H and O–H groups in total. The first kappa shape index (κ1) is 242. The van der Waals surface area contributed by atoms with Crippen LogP contribution in [0.5, 0.6) is 0 Å². The van der Waals surface area contributed by atoms with E-state index in [0.717, 1.165) is 0 Å². The Morgan fingerprint density at radius 1 is 0.120 bits per heavy atom. The quantitative estimate of drug-likeness (QED) is 0.212. The molecular formula is H5Br15Na10. The Balaban J connectivity index is 0. The Labute approximate surface area is 533 Å². The zero-order valence-electron chi connectivity index (χ0n) is 15.8. The van der Waals surface area contributed by atoms with E-state index in [2.05, 4.69) is 0 Å². The monoisotopic (exact) mass is 1420 g/mol. The Morgan fingerprint density at radius 2 is 0.120 bits per heavy atom. The first-order valence-corrected chi connectivity index (χ1v) is 0. The molecule has 25 heavy (non-hydrogen) atoms. The molecule has 0 bridgehead atoms. The molecule has 0 nitrogen and oxygen atoms in total. The van der Waals surface area contributed by atoms with Crippen molar-refractivity contribution in [3.63, 3.8) is 0 Å². The van der Waals surface area contributed by atoms with Gasteiger partial charge >= 0.3 is 296 Å². The van der Waals surface area contributed by atoms with E-state index in [0.29, 0.717) is 0 Å². The first-order chi connectivity index (χ1) is 0. The third-order valence-electron chi connectivity index (χ3n) is 0. The molecule has 0 aromatic carbocycles. The molecule has 0 aromatic heterocycles. The Hall–Kier alpha value is 17.2. The fourth-order valence-corrected chi connectivity index (χ4v) is 0. The van der Waals surface area contributed by atoms with Crippen LogP contribution >= 0.6 is 84.9 Å². The molecular weight excluding hydrogens is 1430 g/mol. The van der Waals surface area contributed by atoms with Crippen LogP contribution in [0.4, 0.5) is 0 Å². The van der Waals surface area contributed by atoms with Crippen molar-refractivity contribution in [2.45, 2.75) is 0 Å². The SMILES string of the molecule is Br.Br.Br.Br.Br.[Br-].[Br-].[Br-].[Br-].[Br-].[Br-].[Br-].[Br-].[Br-].[Br-].[Na+].[Na+].[Na+].[Na+].[Na+].[Na+].[Na+].[Na+].[Na+].[Na+]. The molecule has 0 heterocycles. The minimum atomic E-state index is 0. The van der Waals surface area contributed by atoms with E-state index < -0.39 is 0 Å². The summed E-state index contributed by atoms with van der Waals surface area (Å²) in [5.74, 6) is 0. The van der Waals surface area contributed by atoms with Crippen molar-refractivity contribution in [2.24, 2.45) is 0 Å². The Morgan fingerprint density at radius 3 is 0.120 bits per heavy atom. The smallest absolute Gasteiger partial charge is 1.00 e. The van der Waals surface area contributed by atoms with Crippen LogP contribution in [0.25, 0.3) is 0 Å². The molecule has 0 fully saturated rings. The number of halogens is 15. The molecule has 0 spiro atoms. The van der Waals surface area contributed by atoms with Crippen molar-refractivity contribution >= 4 is 84.9 Å². The third-order valence-corrected chi connectivity index (χ3v) is 0. The summed E-state index contributed by atoms with van der Waals surface area (Å²) in [6.07, 6.45) is 0. The summed E-state index contributed by atoms with van der Waals surface area (Å²) < 4.78 is 0. The first-order valence-electron chi connectivity index (χ1n) is 0. The van der Waals surface area contributed by atoms with Gasteiger partial charge < -0.3 is 170 Å². The molecule has 0 unspecified atom stereocenters. The molecule has 0 aliphatic rings. The summed E-state index contributed by atoms with van der Waals surface area (Å²) in [6, 6.07) is 0. The second-order valence-electron chi connectivity index (χ2n) is 0. The van der Waals surface area contributed by atoms with Crippen LogP contribution < -0.4 is 465 Å². The van der Waals surface area contributed by atoms with Gasteiger partial charge in [0.05, 0.1) is 0 Å². The predicted octanol–water partition coefficient (Wildman–Crippen LogP) is -57.0. The molecule has 0 amide bonds. The molecule has 120 valence electrons. The summed E-state index contributed by atoms with van der Waals surface area (Å²) in [5, 5.41) is 0. The minimum absolute atomic E-state index is 0. The summed E-state index contributed by atoms with van der Waals surface area (Å²) in [7, 11) is 0. The van der Waals surface area contributed by atoms with Gasteiger partial charge in [-0.3, -0.25) is 0 Å². The molecule has 0 aliphatic heterocycles. The average molecular weight is 1430 g/mol. The summed E-state index contributed by atoms with van der Waals surface area (Å²) >= 11 is 0. The van der Waals surface area contributed by atoms with E-state index in [4.69, 9.17) is 0 Å². The normalized spacial score (nSPS) is 0. The van der Waals surface area contributed by atoms with Crippen LogP contribution in [-0.2, 0) is 0 Å². The van der Waals surface area contributed by atoms with Crippen molar-refractivity contribution in [1.82, 2.24) is 0 Å². The number of rotatable bonds is 0. The van der Waals surface area contributed by atoms with Gasteiger partial charge in [0, 0.05) is 0 Å².